The summed E-state index contributed by atoms with van der Waals surface area (Å²) in [5.74, 6) is -1.53. The predicted octanol–water partition coefficient (Wildman–Crippen LogP) is 1.00. The van der Waals surface area contributed by atoms with E-state index in [-0.39, 0.29) is 29.7 Å². The standard InChI is InChI=1S/C16H24N2O4/c19-14(12-8-13(12)16(21)22)17-11-6-7-18(9-11)15(20)10-4-2-1-3-5-10/h10-13H,1-9H2,(H,17,19)(H,21,22). The molecular formula is C16H24N2O4. The Hall–Kier alpha value is -1.59. The molecule has 1 aliphatic heterocycles. The van der Waals surface area contributed by atoms with Gasteiger partial charge in [0.05, 0.1) is 11.8 Å². The van der Waals surface area contributed by atoms with Gasteiger partial charge in [0.15, 0.2) is 0 Å². The summed E-state index contributed by atoms with van der Waals surface area (Å²) < 4.78 is 0. The Kier molecular flexibility index (Phi) is 4.36. The van der Waals surface area contributed by atoms with Gasteiger partial charge in [0, 0.05) is 25.0 Å². The minimum atomic E-state index is -0.888. The van der Waals surface area contributed by atoms with Gasteiger partial charge in [0.25, 0.3) is 0 Å². The number of hydrogen-bond donors (Lipinski definition) is 2. The molecule has 3 fully saturated rings. The molecule has 3 unspecified atom stereocenters. The largest absolute Gasteiger partial charge is 0.481 e. The quantitative estimate of drug-likeness (QED) is 0.811. The van der Waals surface area contributed by atoms with Crippen LogP contribution < -0.4 is 5.32 Å². The van der Waals surface area contributed by atoms with Crippen LogP contribution in [0.4, 0.5) is 0 Å². The Bertz CT molecular complexity index is 473. The molecular weight excluding hydrogens is 284 g/mol. The van der Waals surface area contributed by atoms with Gasteiger partial charge >= 0.3 is 5.97 Å². The highest BCUT2D eigenvalue weighted by Gasteiger charge is 2.49. The van der Waals surface area contributed by atoms with Crippen molar-refractivity contribution in [2.24, 2.45) is 17.8 Å². The van der Waals surface area contributed by atoms with Crippen molar-refractivity contribution in [2.45, 2.75) is 51.0 Å². The van der Waals surface area contributed by atoms with Crippen LogP contribution in [0.15, 0.2) is 0 Å². The molecule has 2 aliphatic carbocycles. The molecule has 6 heteroatoms. The van der Waals surface area contributed by atoms with Gasteiger partial charge < -0.3 is 15.3 Å². The Morgan fingerprint density at radius 1 is 1.00 bits per heavy atom. The first-order chi connectivity index (χ1) is 10.6. The van der Waals surface area contributed by atoms with Crippen LogP contribution in [0.1, 0.15) is 44.9 Å². The SMILES string of the molecule is O=C(O)C1CC1C(=O)NC1CCN(C(=O)C2CCCCC2)C1. The molecule has 3 atom stereocenters. The van der Waals surface area contributed by atoms with Crippen molar-refractivity contribution in [2.75, 3.05) is 13.1 Å². The van der Waals surface area contributed by atoms with Gasteiger partial charge in [-0.25, -0.2) is 0 Å². The van der Waals surface area contributed by atoms with E-state index in [0.717, 1.165) is 32.1 Å². The van der Waals surface area contributed by atoms with E-state index in [0.29, 0.717) is 19.5 Å². The molecule has 2 amide bonds. The summed E-state index contributed by atoms with van der Waals surface area (Å²) in [6, 6.07) is -0.0184. The summed E-state index contributed by atoms with van der Waals surface area (Å²) in [7, 11) is 0. The monoisotopic (exact) mass is 308 g/mol. The molecule has 3 aliphatic rings. The highest BCUT2D eigenvalue weighted by molar-refractivity contribution is 5.89. The van der Waals surface area contributed by atoms with E-state index in [1.54, 1.807) is 0 Å². The normalized spacial score (nSPS) is 31.8. The molecule has 0 aromatic heterocycles. The summed E-state index contributed by atoms with van der Waals surface area (Å²) in [6.07, 6.45) is 6.72. The fourth-order valence-electron chi connectivity index (χ4n) is 3.75. The fraction of sp³-hybridized carbons (Fsp3) is 0.812. The second kappa shape index (κ2) is 6.26. The van der Waals surface area contributed by atoms with E-state index in [1.165, 1.54) is 6.42 Å². The van der Waals surface area contributed by atoms with E-state index < -0.39 is 11.9 Å². The second-order valence-corrected chi connectivity index (χ2v) is 6.90. The molecule has 3 rings (SSSR count). The van der Waals surface area contributed by atoms with Crippen molar-refractivity contribution in [3.05, 3.63) is 0 Å². The third-order valence-corrected chi connectivity index (χ3v) is 5.25. The molecule has 0 aromatic rings. The Labute approximate surface area is 130 Å². The Balaban J connectivity index is 1.45. The maximum absolute atomic E-state index is 12.5. The minimum Gasteiger partial charge on any atom is -0.481 e. The summed E-state index contributed by atoms with van der Waals surface area (Å²) in [4.78, 5) is 37.1. The van der Waals surface area contributed by atoms with E-state index >= 15 is 0 Å². The molecule has 122 valence electrons. The molecule has 2 saturated carbocycles. The number of carbonyl (C=O) groups excluding carboxylic acids is 2. The fourth-order valence-corrected chi connectivity index (χ4v) is 3.75. The first-order valence-corrected chi connectivity index (χ1v) is 8.38. The first kappa shape index (κ1) is 15.3. The zero-order chi connectivity index (χ0) is 15.7. The Morgan fingerprint density at radius 3 is 2.36 bits per heavy atom. The van der Waals surface area contributed by atoms with Crippen LogP contribution in [-0.2, 0) is 14.4 Å². The van der Waals surface area contributed by atoms with Crippen LogP contribution in [0.2, 0.25) is 0 Å². The van der Waals surface area contributed by atoms with Gasteiger partial charge in [-0.1, -0.05) is 19.3 Å². The lowest BCUT2D eigenvalue weighted by atomic mass is 9.88. The zero-order valence-corrected chi connectivity index (χ0v) is 12.8. The van der Waals surface area contributed by atoms with Crippen LogP contribution in [0.25, 0.3) is 0 Å². The van der Waals surface area contributed by atoms with Crippen LogP contribution in [0, 0.1) is 17.8 Å². The van der Waals surface area contributed by atoms with Crippen molar-refractivity contribution in [1.82, 2.24) is 10.2 Å². The van der Waals surface area contributed by atoms with Gasteiger partial charge in [0.2, 0.25) is 11.8 Å². The summed E-state index contributed by atoms with van der Waals surface area (Å²) in [6.45, 7) is 1.28. The summed E-state index contributed by atoms with van der Waals surface area (Å²) in [5.41, 5.74) is 0. The van der Waals surface area contributed by atoms with E-state index in [4.69, 9.17) is 5.11 Å². The van der Waals surface area contributed by atoms with Crippen LogP contribution in [-0.4, -0.2) is 46.9 Å². The van der Waals surface area contributed by atoms with Crippen molar-refractivity contribution >= 4 is 17.8 Å². The lowest BCUT2D eigenvalue weighted by molar-refractivity contribution is -0.140. The van der Waals surface area contributed by atoms with Gasteiger partial charge in [-0.05, 0) is 25.7 Å². The van der Waals surface area contributed by atoms with Gasteiger partial charge in [-0.2, -0.15) is 0 Å². The average molecular weight is 308 g/mol. The highest BCUT2D eigenvalue weighted by atomic mass is 16.4. The second-order valence-electron chi connectivity index (χ2n) is 6.90. The van der Waals surface area contributed by atoms with Gasteiger partial charge in [-0.15, -0.1) is 0 Å². The number of carboxylic acids is 1. The smallest absolute Gasteiger partial charge is 0.307 e. The van der Waals surface area contributed by atoms with E-state index in [1.807, 2.05) is 4.90 Å². The summed E-state index contributed by atoms with van der Waals surface area (Å²) >= 11 is 0. The molecule has 0 bridgehead atoms. The average Bonchev–Trinajstić information content (AvgIpc) is 3.21. The number of amides is 2. The number of aliphatic carboxylic acids is 1. The number of rotatable bonds is 4. The molecule has 6 nitrogen and oxygen atoms in total. The zero-order valence-electron chi connectivity index (χ0n) is 12.8. The lowest BCUT2D eigenvalue weighted by Gasteiger charge is -2.26. The van der Waals surface area contributed by atoms with Crippen LogP contribution >= 0.6 is 0 Å². The molecule has 2 N–H and O–H groups in total. The summed E-state index contributed by atoms with van der Waals surface area (Å²) in [5, 5.41) is 11.8. The van der Waals surface area contributed by atoms with Crippen molar-refractivity contribution in [3.8, 4) is 0 Å². The number of carbonyl (C=O) groups is 3. The number of carboxylic acid groups (broad SMARTS) is 1. The van der Waals surface area contributed by atoms with Crippen molar-refractivity contribution < 1.29 is 19.5 Å². The lowest BCUT2D eigenvalue weighted by Crippen LogP contribution is -2.41. The third-order valence-electron chi connectivity index (χ3n) is 5.25. The van der Waals surface area contributed by atoms with Gasteiger partial charge in [0.1, 0.15) is 0 Å². The molecule has 0 radical (unpaired) electrons. The van der Waals surface area contributed by atoms with E-state index in [2.05, 4.69) is 5.32 Å². The topological polar surface area (TPSA) is 86.7 Å². The predicted molar refractivity (Wildman–Crippen MR) is 78.9 cm³/mol. The first-order valence-electron chi connectivity index (χ1n) is 8.38. The van der Waals surface area contributed by atoms with E-state index in [9.17, 15) is 14.4 Å². The van der Waals surface area contributed by atoms with Crippen LogP contribution in [0.3, 0.4) is 0 Å². The molecule has 1 heterocycles. The van der Waals surface area contributed by atoms with Crippen molar-refractivity contribution in [1.29, 1.82) is 0 Å². The molecule has 0 spiro atoms. The number of likely N-dealkylation sites (tertiary alicyclic amines) is 1. The van der Waals surface area contributed by atoms with Crippen molar-refractivity contribution in [3.63, 3.8) is 0 Å². The van der Waals surface area contributed by atoms with Crippen LogP contribution in [0.5, 0.6) is 0 Å². The maximum Gasteiger partial charge on any atom is 0.307 e. The molecule has 1 saturated heterocycles. The number of nitrogens with one attached hydrogen (secondary N) is 1. The molecule has 22 heavy (non-hydrogen) atoms. The minimum absolute atomic E-state index is 0.0184. The number of hydrogen-bond acceptors (Lipinski definition) is 3. The highest BCUT2D eigenvalue weighted by Crippen LogP contribution is 2.39. The third kappa shape index (κ3) is 3.25. The Morgan fingerprint density at radius 2 is 1.73 bits per heavy atom. The molecule has 0 aromatic carbocycles. The van der Waals surface area contributed by atoms with Gasteiger partial charge in [-0.3, -0.25) is 14.4 Å². The maximum atomic E-state index is 12.5. The number of nitrogens with zero attached hydrogens (tertiary/aromatic N) is 1.